The molecule has 0 saturated heterocycles. The predicted octanol–water partition coefficient (Wildman–Crippen LogP) is 2.77. The van der Waals surface area contributed by atoms with Gasteiger partial charge in [-0.1, -0.05) is 30.3 Å². The molecule has 0 amide bonds. The van der Waals surface area contributed by atoms with Gasteiger partial charge < -0.3 is 13.3 Å². The largest absolute Gasteiger partial charge is 0.536 e. The maximum Gasteiger partial charge on any atom is 0.536 e. The third kappa shape index (κ3) is 5.42. The molecule has 0 aliphatic rings. The van der Waals surface area contributed by atoms with Crippen LogP contribution in [-0.2, 0) is 13.3 Å². The first-order chi connectivity index (χ1) is 9.29. The molecule has 19 heavy (non-hydrogen) atoms. The molecule has 6 heteroatoms. The van der Waals surface area contributed by atoms with Crippen molar-refractivity contribution >= 4 is 37.2 Å². The molecule has 0 unspecified atom stereocenters. The third-order valence-corrected chi connectivity index (χ3v) is 5.82. The van der Waals surface area contributed by atoms with Gasteiger partial charge in [0.15, 0.2) is 0 Å². The molecule has 1 aromatic rings. The van der Waals surface area contributed by atoms with E-state index in [0.717, 1.165) is 18.0 Å². The summed E-state index contributed by atoms with van der Waals surface area (Å²) in [7, 11) is -1.21. The maximum absolute atomic E-state index is 5.92. The first kappa shape index (κ1) is 16.9. The summed E-state index contributed by atoms with van der Waals surface area (Å²) in [6.45, 7) is 1.05. The highest BCUT2D eigenvalue weighted by molar-refractivity contribution is 6.75. The van der Waals surface area contributed by atoms with Crippen LogP contribution in [0.5, 0.6) is 0 Å². The van der Waals surface area contributed by atoms with Gasteiger partial charge in [0, 0.05) is 37.3 Å². The highest BCUT2D eigenvalue weighted by atomic mass is 35.5. The fourth-order valence-corrected chi connectivity index (χ4v) is 4.14. The van der Waals surface area contributed by atoms with Crippen molar-refractivity contribution in [2.24, 2.45) is 0 Å². The standard InChI is InChI=1S/C13H20Cl2O3Si/c1-16-19(17-11-5-9-14,18-12-6-10-15)13-7-3-2-4-8-13/h2-4,7-8H,5-6,9-12H2,1H3. The molecule has 0 N–H and O–H groups in total. The average Bonchev–Trinajstić information content (AvgIpc) is 2.47. The molecule has 1 aromatic carbocycles. The molecule has 0 radical (unpaired) electrons. The molecule has 0 bridgehead atoms. The highest BCUT2D eigenvalue weighted by Crippen LogP contribution is 2.11. The van der Waals surface area contributed by atoms with E-state index in [1.165, 1.54) is 0 Å². The number of hydrogen-bond donors (Lipinski definition) is 0. The van der Waals surface area contributed by atoms with Crippen molar-refractivity contribution in [3.05, 3.63) is 30.3 Å². The molecule has 0 atom stereocenters. The minimum Gasteiger partial charge on any atom is -0.373 e. The summed E-state index contributed by atoms with van der Waals surface area (Å²) in [6.07, 6.45) is 1.54. The quantitative estimate of drug-likeness (QED) is 0.376. The monoisotopic (exact) mass is 322 g/mol. The molecule has 0 spiro atoms. The lowest BCUT2D eigenvalue weighted by molar-refractivity contribution is 0.0924. The van der Waals surface area contributed by atoms with Gasteiger partial charge in [0.05, 0.1) is 0 Å². The van der Waals surface area contributed by atoms with E-state index in [0.29, 0.717) is 25.0 Å². The van der Waals surface area contributed by atoms with Crippen LogP contribution >= 0.6 is 23.2 Å². The molecule has 1 rings (SSSR count). The minimum atomic E-state index is -2.84. The molecule has 0 saturated carbocycles. The van der Waals surface area contributed by atoms with Crippen LogP contribution in [0, 0.1) is 0 Å². The van der Waals surface area contributed by atoms with E-state index in [9.17, 15) is 0 Å². The van der Waals surface area contributed by atoms with E-state index in [1.807, 2.05) is 30.3 Å². The SMILES string of the molecule is CO[Si](OCCCCl)(OCCCCl)c1ccccc1. The Bertz CT molecular complexity index is 328. The first-order valence-electron chi connectivity index (χ1n) is 6.29. The van der Waals surface area contributed by atoms with Crippen LogP contribution < -0.4 is 5.19 Å². The number of alkyl halides is 2. The topological polar surface area (TPSA) is 27.7 Å². The summed E-state index contributed by atoms with van der Waals surface area (Å²) in [6, 6.07) is 9.79. The second-order valence-corrected chi connectivity index (χ2v) is 7.34. The predicted molar refractivity (Wildman–Crippen MR) is 81.4 cm³/mol. The van der Waals surface area contributed by atoms with Gasteiger partial charge >= 0.3 is 8.80 Å². The summed E-state index contributed by atoms with van der Waals surface area (Å²) < 4.78 is 17.5. The summed E-state index contributed by atoms with van der Waals surface area (Å²) in [4.78, 5) is 0. The van der Waals surface area contributed by atoms with E-state index in [-0.39, 0.29) is 0 Å². The van der Waals surface area contributed by atoms with Gasteiger partial charge in [0.25, 0.3) is 0 Å². The molecule has 3 nitrogen and oxygen atoms in total. The van der Waals surface area contributed by atoms with Gasteiger partial charge in [0.2, 0.25) is 0 Å². The fourth-order valence-electron chi connectivity index (χ4n) is 1.61. The summed E-state index contributed by atoms with van der Waals surface area (Å²) in [5.41, 5.74) is 0. The summed E-state index contributed by atoms with van der Waals surface area (Å²) >= 11 is 11.4. The lowest BCUT2D eigenvalue weighted by Gasteiger charge is -2.28. The minimum absolute atomic E-state index is 0.527. The number of halogens is 2. The van der Waals surface area contributed by atoms with E-state index in [2.05, 4.69) is 0 Å². The summed E-state index contributed by atoms with van der Waals surface area (Å²) in [5.74, 6) is 1.12. The zero-order chi connectivity index (χ0) is 14.0. The third-order valence-electron chi connectivity index (χ3n) is 2.54. The Labute approximate surface area is 126 Å². The number of rotatable bonds is 10. The fraction of sp³-hybridized carbons (Fsp3) is 0.538. The maximum atomic E-state index is 5.92. The van der Waals surface area contributed by atoms with Crippen LogP contribution in [0.2, 0.25) is 0 Å². The summed E-state index contributed by atoms with van der Waals surface area (Å²) in [5, 5.41) is 0.960. The van der Waals surface area contributed by atoms with Crippen LogP contribution in [0.1, 0.15) is 12.8 Å². The number of hydrogen-bond acceptors (Lipinski definition) is 3. The Morgan fingerprint density at radius 1 is 0.947 bits per heavy atom. The number of benzene rings is 1. The Hall–Kier alpha value is -0.103. The molecule has 0 heterocycles. The zero-order valence-electron chi connectivity index (χ0n) is 11.1. The van der Waals surface area contributed by atoms with Crippen molar-refractivity contribution in [1.29, 1.82) is 0 Å². The molecular weight excluding hydrogens is 303 g/mol. The van der Waals surface area contributed by atoms with Gasteiger partial charge in [0.1, 0.15) is 0 Å². The van der Waals surface area contributed by atoms with Crippen molar-refractivity contribution in [2.75, 3.05) is 32.1 Å². The van der Waals surface area contributed by atoms with Crippen molar-refractivity contribution in [2.45, 2.75) is 12.8 Å². The van der Waals surface area contributed by atoms with Crippen molar-refractivity contribution in [1.82, 2.24) is 0 Å². The van der Waals surface area contributed by atoms with Crippen molar-refractivity contribution in [3.8, 4) is 0 Å². The normalized spacial score (nSPS) is 11.7. The lowest BCUT2D eigenvalue weighted by atomic mass is 10.4. The van der Waals surface area contributed by atoms with E-state index in [4.69, 9.17) is 36.5 Å². The Morgan fingerprint density at radius 3 is 1.89 bits per heavy atom. The molecule has 0 fully saturated rings. The average molecular weight is 323 g/mol. The van der Waals surface area contributed by atoms with Gasteiger partial charge in [-0.3, -0.25) is 0 Å². The molecular formula is C13H20Cl2O3Si. The second kappa shape index (κ2) is 9.75. The van der Waals surface area contributed by atoms with Gasteiger partial charge in [-0.05, 0) is 12.8 Å². The van der Waals surface area contributed by atoms with Gasteiger partial charge in [-0.2, -0.15) is 0 Å². The van der Waals surface area contributed by atoms with E-state index in [1.54, 1.807) is 7.11 Å². The van der Waals surface area contributed by atoms with E-state index < -0.39 is 8.80 Å². The van der Waals surface area contributed by atoms with Crippen LogP contribution in [-0.4, -0.2) is 40.9 Å². The Morgan fingerprint density at radius 2 is 1.47 bits per heavy atom. The zero-order valence-corrected chi connectivity index (χ0v) is 13.6. The second-order valence-electron chi connectivity index (χ2n) is 3.91. The van der Waals surface area contributed by atoms with Crippen molar-refractivity contribution in [3.63, 3.8) is 0 Å². The highest BCUT2D eigenvalue weighted by Gasteiger charge is 2.42. The Balaban J connectivity index is 2.79. The van der Waals surface area contributed by atoms with Crippen LogP contribution in [0.15, 0.2) is 30.3 Å². The first-order valence-corrected chi connectivity index (χ1v) is 9.09. The van der Waals surface area contributed by atoms with E-state index >= 15 is 0 Å². The molecule has 0 aliphatic carbocycles. The van der Waals surface area contributed by atoms with Crippen LogP contribution in [0.3, 0.4) is 0 Å². The van der Waals surface area contributed by atoms with Gasteiger partial charge in [-0.25, -0.2) is 0 Å². The van der Waals surface area contributed by atoms with Crippen LogP contribution in [0.4, 0.5) is 0 Å². The van der Waals surface area contributed by atoms with Crippen molar-refractivity contribution < 1.29 is 13.3 Å². The molecule has 108 valence electrons. The molecule has 0 aliphatic heterocycles. The lowest BCUT2D eigenvalue weighted by Crippen LogP contribution is -2.56. The smallest absolute Gasteiger partial charge is 0.373 e. The van der Waals surface area contributed by atoms with Crippen LogP contribution in [0.25, 0.3) is 0 Å². The Kier molecular flexibility index (Phi) is 8.69. The molecule has 0 aromatic heterocycles. The van der Waals surface area contributed by atoms with Gasteiger partial charge in [-0.15, -0.1) is 23.2 Å².